The number of rotatable bonds is 3. The third-order valence-corrected chi connectivity index (χ3v) is 4.07. The van der Waals surface area contributed by atoms with Crippen molar-refractivity contribution >= 4 is 15.6 Å². The predicted octanol–water partition coefficient (Wildman–Crippen LogP) is 1.04. The van der Waals surface area contributed by atoms with Crippen LogP contribution < -0.4 is 0 Å². The van der Waals surface area contributed by atoms with Gasteiger partial charge in [0.2, 0.25) is 0 Å². The Hall–Kier alpha value is -0.380. The van der Waals surface area contributed by atoms with E-state index in [1.165, 1.54) is 0 Å². The fourth-order valence-corrected chi connectivity index (χ4v) is 3.39. The average Bonchev–Trinajstić information content (AvgIpc) is 2.28. The van der Waals surface area contributed by atoms with Crippen molar-refractivity contribution in [2.45, 2.75) is 26.7 Å². The zero-order valence-electron chi connectivity index (χ0n) is 8.12. The van der Waals surface area contributed by atoms with Gasteiger partial charge in [-0.05, 0) is 12.3 Å². The molecule has 13 heavy (non-hydrogen) atoms. The first-order valence-electron chi connectivity index (χ1n) is 4.64. The van der Waals surface area contributed by atoms with E-state index < -0.39 is 9.84 Å². The minimum absolute atomic E-state index is 0.0819. The van der Waals surface area contributed by atoms with E-state index in [1.54, 1.807) is 0 Å². The summed E-state index contributed by atoms with van der Waals surface area (Å²) in [5.41, 5.74) is 0. The van der Waals surface area contributed by atoms with E-state index >= 15 is 0 Å². The van der Waals surface area contributed by atoms with Crippen LogP contribution >= 0.6 is 0 Å². The first kappa shape index (κ1) is 10.7. The summed E-state index contributed by atoms with van der Waals surface area (Å²) in [6, 6.07) is 0. The molecule has 1 heterocycles. The van der Waals surface area contributed by atoms with Gasteiger partial charge in [-0.3, -0.25) is 4.79 Å². The third kappa shape index (κ3) is 3.10. The predicted molar refractivity (Wildman–Crippen MR) is 51.2 cm³/mol. The van der Waals surface area contributed by atoms with E-state index in [1.807, 2.05) is 13.8 Å². The molecule has 0 aliphatic carbocycles. The summed E-state index contributed by atoms with van der Waals surface area (Å²) >= 11 is 0. The van der Waals surface area contributed by atoms with E-state index in [0.717, 1.165) is 0 Å². The van der Waals surface area contributed by atoms with Crippen LogP contribution in [0, 0.1) is 11.8 Å². The first-order chi connectivity index (χ1) is 5.91. The van der Waals surface area contributed by atoms with Gasteiger partial charge in [0.25, 0.3) is 0 Å². The summed E-state index contributed by atoms with van der Waals surface area (Å²) in [5.74, 6) is 0.513. The molecule has 1 atom stereocenters. The smallest absolute Gasteiger partial charge is 0.151 e. The molecule has 1 aliphatic rings. The van der Waals surface area contributed by atoms with E-state index in [0.29, 0.717) is 18.8 Å². The quantitative estimate of drug-likeness (QED) is 0.690. The molecule has 0 aromatic rings. The fraction of sp³-hybridized carbons (Fsp3) is 0.889. The molecule has 0 spiro atoms. The van der Waals surface area contributed by atoms with Crippen molar-refractivity contribution in [2.24, 2.45) is 11.8 Å². The average molecular weight is 204 g/mol. The SMILES string of the molecule is CC(C)CC(=O)C1CCS(=O)(=O)C1. The zero-order valence-corrected chi connectivity index (χ0v) is 8.93. The maximum Gasteiger partial charge on any atom is 0.151 e. The minimum Gasteiger partial charge on any atom is -0.299 e. The van der Waals surface area contributed by atoms with Crippen molar-refractivity contribution in [1.29, 1.82) is 0 Å². The second kappa shape index (κ2) is 3.78. The van der Waals surface area contributed by atoms with Gasteiger partial charge in [0.1, 0.15) is 5.78 Å². The standard InChI is InChI=1S/C9H16O3S/c1-7(2)5-9(10)8-3-4-13(11,12)6-8/h7-8H,3-6H2,1-2H3. The molecule has 1 rings (SSSR count). The molecule has 0 amide bonds. The van der Waals surface area contributed by atoms with Crippen molar-refractivity contribution in [3.05, 3.63) is 0 Å². The van der Waals surface area contributed by atoms with Gasteiger partial charge in [0.05, 0.1) is 11.5 Å². The number of carbonyl (C=O) groups is 1. The maximum absolute atomic E-state index is 11.5. The highest BCUT2D eigenvalue weighted by atomic mass is 32.2. The molecular formula is C9H16O3S. The van der Waals surface area contributed by atoms with Gasteiger partial charge in [-0.25, -0.2) is 8.42 Å². The maximum atomic E-state index is 11.5. The van der Waals surface area contributed by atoms with Crippen LogP contribution in [-0.4, -0.2) is 25.7 Å². The highest BCUT2D eigenvalue weighted by Gasteiger charge is 2.32. The van der Waals surface area contributed by atoms with Crippen LogP contribution in [0.1, 0.15) is 26.7 Å². The molecule has 1 saturated heterocycles. The molecule has 1 unspecified atom stereocenters. The number of sulfone groups is 1. The molecule has 0 N–H and O–H groups in total. The monoisotopic (exact) mass is 204 g/mol. The lowest BCUT2D eigenvalue weighted by molar-refractivity contribution is -0.122. The topological polar surface area (TPSA) is 51.2 Å². The number of hydrogen-bond donors (Lipinski definition) is 0. The van der Waals surface area contributed by atoms with Gasteiger partial charge < -0.3 is 0 Å². The van der Waals surface area contributed by atoms with Gasteiger partial charge in [-0.15, -0.1) is 0 Å². The molecule has 4 heteroatoms. The Kier molecular flexibility index (Phi) is 3.11. The molecule has 0 bridgehead atoms. The lowest BCUT2D eigenvalue weighted by Crippen LogP contribution is -2.17. The van der Waals surface area contributed by atoms with Crippen LogP contribution in [0.2, 0.25) is 0 Å². The lowest BCUT2D eigenvalue weighted by Gasteiger charge is -2.07. The molecule has 0 aromatic heterocycles. The van der Waals surface area contributed by atoms with Crippen LogP contribution in [0.4, 0.5) is 0 Å². The van der Waals surface area contributed by atoms with Gasteiger partial charge in [0, 0.05) is 12.3 Å². The summed E-state index contributed by atoms with van der Waals surface area (Å²) < 4.78 is 22.2. The van der Waals surface area contributed by atoms with E-state index in [9.17, 15) is 13.2 Å². The fourth-order valence-electron chi connectivity index (χ4n) is 1.62. The molecule has 1 fully saturated rings. The van der Waals surface area contributed by atoms with Crippen LogP contribution in [0.3, 0.4) is 0 Å². The van der Waals surface area contributed by atoms with Gasteiger partial charge in [-0.2, -0.15) is 0 Å². The molecule has 3 nitrogen and oxygen atoms in total. The van der Waals surface area contributed by atoms with Crippen LogP contribution in [0.15, 0.2) is 0 Å². The second-order valence-electron chi connectivity index (χ2n) is 4.16. The lowest BCUT2D eigenvalue weighted by atomic mass is 9.96. The van der Waals surface area contributed by atoms with Crippen molar-refractivity contribution in [2.75, 3.05) is 11.5 Å². The Balaban J connectivity index is 2.52. The summed E-state index contributed by atoms with van der Waals surface area (Å²) in [5, 5.41) is 0. The van der Waals surface area contributed by atoms with Crippen LogP contribution in [0.25, 0.3) is 0 Å². The minimum atomic E-state index is -2.90. The largest absolute Gasteiger partial charge is 0.299 e. The number of hydrogen-bond acceptors (Lipinski definition) is 3. The third-order valence-electron chi connectivity index (χ3n) is 2.30. The van der Waals surface area contributed by atoms with E-state index in [-0.39, 0.29) is 23.2 Å². The summed E-state index contributed by atoms with van der Waals surface area (Å²) in [6.07, 6.45) is 1.05. The van der Waals surface area contributed by atoms with Crippen LogP contribution in [0.5, 0.6) is 0 Å². The molecular weight excluding hydrogens is 188 g/mol. The Labute approximate surface area is 79.4 Å². The van der Waals surface area contributed by atoms with Crippen molar-refractivity contribution in [1.82, 2.24) is 0 Å². The van der Waals surface area contributed by atoms with Gasteiger partial charge in [-0.1, -0.05) is 13.8 Å². The Morgan fingerprint density at radius 1 is 1.46 bits per heavy atom. The highest BCUT2D eigenvalue weighted by molar-refractivity contribution is 7.91. The van der Waals surface area contributed by atoms with Crippen LogP contribution in [-0.2, 0) is 14.6 Å². The van der Waals surface area contributed by atoms with Crippen molar-refractivity contribution < 1.29 is 13.2 Å². The molecule has 1 aliphatic heterocycles. The van der Waals surface area contributed by atoms with Gasteiger partial charge >= 0.3 is 0 Å². The van der Waals surface area contributed by atoms with Crippen molar-refractivity contribution in [3.63, 3.8) is 0 Å². The summed E-state index contributed by atoms with van der Waals surface area (Å²) in [4.78, 5) is 11.5. The molecule has 0 aromatic carbocycles. The Morgan fingerprint density at radius 3 is 2.46 bits per heavy atom. The van der Waals surface area contributed by atoms with Gasteiger partial charge in [0.15, 0.2) is 9.84 Å². The molecule has 0 radical (unpaired) electrons. The number of carbonyl (C=O) groups excluding carboxylic acids is 1. The van der Waals surface area contributed by atoms with E-state index in [2.05, 4.69) is 0 Å². The summed E-state index contributed by atoms with van der Waals surface area (Å²) in [7, 11) is -2.90. The van der Waals surface area contributed by atoms with E-state index in [4.69, 9.17) is 0 Å². The molecule has 0 saturated carbocycles. The number of Topliss-reactive ketones (excluding diaryl/α,β-unsaturated/α-hetero) is 1. The van der Waals surface area contributed by atoms with Crippen molar-refractivity contribution in [3.8, 4) is 0 Å². The zero-order chi connectivity index (χ0) is 10.1. The normalized spacial score (nSPS) is 26.5. The second-order valence-corrected chi connectivity index (χ2v) is 6.39. The number of ketones is 1. The Morgan fingerprint density at radius 2 is 2.08 bits per heavy atom. The highest BCUT2D eigenvalue weighted by Crippen LogP contribution is 2.21. The molecule has 76 valence electrons. The summed E-state index contributed by atoms with van der Waals surface area (Å²) in [6.45, 7) is 3.95. The Bertz CT molecular complexity index is 290. The first-order valence-corrected chi connectivity index (χ1v) is 6.46.